The summed E-state index contributed by atoms with van der Waals surface area (Å²) in [5.74, 6) is -4.58. The summed E-state index contributed by atoms with van der Waals surface area (Å²) >= 11 is 0. The molecule has 15 nitrogen and oxygen atoms in total. The molecule has 48 heavy (non-hydrogen) atoms. The molecule has 6 rings (SSSR count). The minimum absolute atomic E-state index is 0.0104. The van der Waals surface area contributed by atoms with Crippen molar-refractivity contribution in [3.8, 4) is 11.6 Å². The second kappa shape index (κ2) is 13.1. The van der Waals surface area contributed by atoms with Gasteiger partial charge in [-0.15, -0.1) is 0 Å². The quantitative estimate of drug-likeness (QED) is 0.176. The molecule has 2 aliphatic heterocycles. The summed E-state index contributed by atoms with van der Waals surface area (Å²) in [6.45, 7) is 0.723. The topological polar surface area (TPSA) is 202 Å². The number of hydrogen-bond acceptors (Lipinski definition) is 13. The normalized spacial score (nSPS) is 30.4. The average Bonchev–Trinajstić information content (AvgIpc) is 3.55. The van der Waals surface area contributed by atoms with E-state index in [-0.39, 0.29) is 48.2 Å². The van der Waals surface area contributed by atoms with Crippen LogP contribution in [0.15, 0.2) is 48.8 Å². The molecule has 0 aliphatic carbocycles. The molecule has 4 heterocycles. The van der Waals surface area contributed by atoms with Crippen molar-refractivity contribution in [3.63, 3.8) is 0 Å². The van der Waals surface area contributed by atoms with Gasteiger partial charge in [-0.2, -0.15) is 15.1 Å². The van der Waals surface area contributed by atoms with E-state index < -0.39 is 69.4 Å². The Kier molecular flexibility index (Phi) is 9.28. The number of rotatable bonds is 2. The standard InChI is InChI=1S/C30H35F2N6O9P/c1-17-26(40)44-15-30(31,32)12-5-6-13-43-25-22-24(35-28(33)36-25)38(16-34-22)27-29(2,41)23(39)21(46-27)14-45-48(42,37-17)47-20-11-7-9-18-8-3-4-10-19(18)20/h3-4,7-11,16-17,21,23,27,39,41H,5-6,12-15H2,1-2H3,(H,37,42)(H2,33,35,36). The van der Waals surface area contributed by atoms with Crippen LogP contribution in [-0.2, 0) is 23.4 Å². The molecule has 6 bridgehead atoms. The van der Waals surface area contributed by atoms with Gasteiger partial charge in [0.15, 0.2) is 24.0 Å². The molecule has 0 radical (unpaired) electrons. The predicted octanol–water partition coefficient (Wildman–Crippen LogP) is 3.49. The number of cyclic esters (lactones) is 1. The van der Waals surface area contributed by atoms with Crippen molar-refractivity contribution in [2.75, 3.05) is 25.6 Å². The number of fused-ring (bicyclic) bond motifs is 4. The van der Waals surface area contributed by atoms with Gasteiger partial charge in [0.2, 0.25) is 11.8 Å². The van der Waals surface area contributed by atoms with Crippen LogP contribution in [0.2, 0.25) is 0 Å². The van der Waals surface area contributed by atoms with Crippen molar-refractivity contribution < 1.29 is 51.6 Å². The van der Waals surface area contributed by atoms with Crippen LogP contribution in [0, 0.1) is 0 Å². The first-order chi connectivity index (χ1) is 22.8. The van der Waals surface area contributed by atoms with Gasteiger partial charge in [-0.25, -0.2) is 18.3 Å². The Balaban J connectivity index is 1.35. The van der Waals surface area contributed by atoms with E-state index in [1.807, 2.05) is 0 Å². The van der Waals surface area contributed by atoms with Crippen molar-refractivity contribution >= 4 is 41.6 Å². The SMILES string of the molecule is CC1NP(=O)(Oc2cccc3ccccc23)OCC2OC(n3cnc4c(nc(N)nc43)OCCCCC(F)(F)COC1=O)C(C)(O)C2O. The average molecular weight is 693 g/mol. The fourth-order valence-electron chi connectivity index (χ4n) is 5.54. The smallest absolute Gasteiger partial charge is 0.459 e. The number of nitrogens with zero attached hydrogens (tertiary/aromatic N) is 4. The summed E-state index contributed by atoms with van der Waals surface area (Å²) in [7, 11) is -4.57. The van der Waals surface area contributed by atoms with Gasteiger partial charge in [0.05, 0.1) is 19.5 Å². The molecule has 2 aromatic heterocycles. The Morgan fingerprint density at radius 3 is 2.73 bits per heavy atom. The lowest BCUT2D eigenvalue weighted by atomic mass is 9.96. The van der Waals surface area contributed by atoms with Gasteiger partial charge in [-0.1, -0.05) is 36.4 Å². The van der Waals surface area contributed by atoms with E-state index in [1.54, 1.807) is 36.4 Å². The summed E-state index contributed by atoms with van der Waals surface area (Å²) in [6, 6.07) is 10.6. The third-order valence-corrected chi connectivity index (χ3v) is 9.73. The van der Waals surface area contributed by atoms with Crippen molar-refractivity contribution in [2.45, 2.75) is 69.1 Å². The summed E-state index contributed by atoms with van der Waals surface area (Å²) in [5.41, 5.74) is 4.21. The second-order valence-electron chi connectivity index (χ2n) is 11.9. The van der Waals surface area contributed by atoms with Crippen molar-refractivity contribution in [3.05, 3.63) is 48.8 Å². The Morgan fingerprint density at radius 2 is 1.92 bits per heavy atom. The number of aliphatic hydroxyl groups excluding tert-OH is 1. The summed E-state index contributed by atoms with van der Waals surface area (Å²) in [6.07, 6.45) is -3.33. The van der Waals surface area contributed by atoms with Crippen LogP contribution in [0.25, 0.3) is 21.9 Å². The molecule has 6 atom stereocenters. The van der Waals surface area contributed by atoms with Gasteiger partial charge < -0.3 is 34.7 Å². The Bertz CT molecular complexity index is 1850. The fraction of sp³-hybridized carbons (Fsp3) is 0.467. The molecule has 1 fully saturated rings. The van der Waals surface area contributed by atoms with Crippen LogP contribution in [0.5, 0.6) is 11.6 Å². The first-order valence-electron chi connectivity index (χ1n) is 15.2. The first-order valence-corrected chi connectivity index (χ1v) is 16.7. The van der Waals surface area contributed by atoms with Crippen molar-refractivity contribution in [1.29, 1.82) is 0 Å². The maximum absolute atomic E-state index is 14.6. The number of nitrogen functional groups attached to an aromatic ring is 1. The van der Waals surface area contributed by atoms with Crippen LogP contribution in [0.1, 0.15) is 39.3 Å². The number of carbonyl (C=O) groups excluding carboxylic acids is 1. The molecule has 5 N–H and O–H groups in total. The number of carbonyl (C=O) groups is 1. The lowest BCUT2D eigenvalue weighted by molar-refractivity contribution is -0.157. The molecule has 0 saturated carbocycles. The van der Waals surface area contributed by atoms with Gasteiger partial charge in [0.1, 0.15) is 29.6 Å². The summed E-state index contributed by atoms with van der Waals surface area (Å²) in [5, 5.41) is 26.4. The van der Waals surface area contributed by atoms with E-state index in [2.05, 4.69) is 20.0 Å². The number of imidazole rings is 1. The number of aromatic nitrogens is 4. The highest BCUT2D eigenvalue weighted by Crippen LogP contribution is 2.48. The van der Waals surface area contributed by atoms with Crippen LogP contribution < -0.4 is 20.1 Å². The van der Waals surface area contributed by atoms with E-state index in [9.17, 15) is 28.4 Å². The number of esters is 1. The first kappa shape index (κ1) is 33.9. The number of nitrogens with two attached hydrogens (primary N) is 1. The number of alkyl halides is 2. The monoisotopic (exact) mass is 692 g/mol. The zero-order chi connectivity index (χ0) is 34.3. The van der Waals surface area contributed by atoms with Crippen molar-refractivity contribution in [2.24, 2.45) is 0 Å². The molecule has 18 heteroatoms. The van der Waals surface area contributed by atoms with Crippen LogP contribution in [0.3, 0.4) is 0 Å². The van der Waals surface area contributed by atoms with Crippen molar-refractivity contribution in [1.82, 2.24) is 24.6 Å². The van der Waals surface area contributed by atoms with Crippen LogP contribution in [0.4, 0.5) is 14.7 Å². The number of anilines is 1. The zero-order valence-corrected chi connectivity index (χ0v) is 26.9. The third kappa shape index (κ3) is 6.92. The largest absolute Gasteiger partial charge is 0.476 e. The number of aliphatic hydroxyl groups is 2. The van der Waals surface area contributed by atoms with Crippen LogP contribution >= 0.6 is 7.75 Å². The van der Waals surface area contributed by atoms with E-state index >= 15 is 0 Å². The molecule has 2 aromatic carbocycles. The third-order valence-electron chi connectivity index (χ3n) is 8.10. The van der Waals surface area contributed by atoms with Crippen LogP contribution in [-0.4, -0.2) is 85.3 Å². The Labute approximate surface area is 272 Å². The minimum Gasteiger partial charge on any atom is -0.476 e. The molecule has 0 spiro atoms. The maximum Gasteiger partial charge on any atom is 0.459 e. The maximum atomic E-state index is 14.6. The Hall–Kier alpha value is -3.99. The highest BCUT2D eigenvalue weighted by atomic mass is 31.2. The van der Waals surface area contributed by atoms with E-state index in [1.165, 1.54) is 30.8 Å². The number of halogens is 2. The van der Waals surface area contributed by atoms with Gasteiger partial charge in [0.25, 0.3) is 5.92 Å². The zero-order valence-electron chi connectivity index (χ0n) is 26.0. The number of ether oxygens (including phenoxy) is 3. The number of hydrogen-bond donors (Lipinski definition) is 4. The van der Waals surface area contributed by atoms with Gasteiger partial charge in [-0.3, -0.25) is 13.9 Å². The predicted molar refractivity (Wildman–Crippen MR) is 166 cm³/mol. The minimum atomic E-state index is -4.57. The van der Waals surface area contributed by atoms with Gasteiger partial charge in [-0.05, 0) is 38.1 Å². The highest BCUT2D eigenvalue weighted by molar-refractivity contribution is 7.52. The lowest BCUT2D eigenvalue weighted by Gasteiger charge is -2.27. The Morgan fingerprint density at radius 1 is 1.15 bits per heavy atom. The molecule has 0 amide bonds. The molecular weight excluding hydrogens is 657 g/mol. The second-order valence-corrected chi connectivity index (χ2v) is 13.6. The van der Waals surface area contributed by atoms with Gasteiger partial charge in [0, 0.05) is 11.8 Å². The summed E-state index contributed by atoms with van der Waals surface area (Å²) < 4.78 is 73.1. The molecule has 258 valence electrons. The lowest BCUT2D eigenvalue weighted by Crippen LogP contribution is -2.44. The number of benzene rings is 2. The number of nitrogens with one attached hydrogen (secondary N) is 1. The molecular formula is C30H35F2N6O9P. The highest BCUT2D eigenvalue weighted by Gasteiger charge is 2.54. The molecule has 1 saturated heterocycles. The fourth-order valence-corrected chi connectivity index (χ4v) is 7.06. The van der Waals surface area contributed by atoms with E-state index in [0.29, 0.717) is 5.39 Å². The molecule has 6 unspecified atom stereocenters. The van der Waals surface area contributed by atoms with Gasteiger partial charge >= 0.3 is 13.7 Å². The molecule has 4 aromatic rings. The molecule has 2 aliphatic rings. The van der Waals surface area contributed by atoms with E-state index in [4.69, 9.17) is 29.0 Å². The summed E-state index contributed by atoms with van der Waals surface area (Å²) in [4.78, 5) is 25.4. The van der Waals surface area contributed by atoms with E-state index in [0.717, 1.165) is 5.39 Å².